The Balaban J connectivity index is 1.85. The minimum absolute atomic E-state index is 0.335. The molecule has 0 radical (unpaired) electrons. The van der Waals surface area contributed by atoms with Crippen LogP contribution < -0.4 is 4.90 Å². The van der Waals surface area contributed by atoms with Crippen molar-refractivity contribution in [3.63, 3.8) is 0 Å². The summed E-state index contributed by atoms with van der Waals surface area (Å²) in [5.41, 5.74) is 2.00. The lowest BCUT2D eigenvalue weighted by molar-refractivity contribution is -0.141. The highest BCUT2D eigenvalue weighted by Gasteiger charge is 2.27. The number of anilines is 1. The molecule has 1 unspecified atom stereocenters. The van der Waals surface area contributed by atoms with Crippen molar-refractivity contribution in [2.45, 2.75) is 12.8 Å². The Hall–Kier alpha value is -2.47. The van der Waals surface area contributed by atoms with Crippen LogP contribution in [0.3, 0.4) is 0 Å². The topological polar surface area (TPSA) is 66.3 Å². The average molecular weight is 339 g/mol. The molecule has 0 spiro atoms. The van der Waals surface area contributed by atoms with Crippen LogP contribution in [0.5, 0.6) is 0 Å². The van der Waals surface area contributed by atoms with E-state index in [4.69, 9.17) is 0 Å². The Morgan fingerprint density at radius 3 is 2.96 bits per heavy atom. The first-order valence-corrected chi connectivity index (χ1v) is 8.87. The van der Waals surface area contributed by atoms with Crippen molar-refractivity contribution in [3.8, 4) is 10.4 Å². The van der Waals surface area contributed by atoms with Crippen LogP contribution in [-0.2, 0) is 4.79 Å². The zero-order valence-electron chi connectivity index (χ0n) is 13.1. The molecule has 0 aliphatic carbocycles. The number of hydrogen-bond donors (Lipinski definition) is 1. The Morgan fingerprint density at radius 2 is 2.17 bits per heavy atom. The van der Waals surface area contributed by atoms with Gasteiger partial charge in [0.05, 0.1) is 16.8 Å². The van der Waals surface area contributed by atoms with E-state index in [0.29, 0.717) is 6.54 Å². The Kier molecular flexibility index (Phi) is 3.90. The molecule has 24 heavy (non-hydrogen) atoms. The highest BCUT2D eigenvalue weighted by molar-refractivity contribution is 7.13. The Bertz CT molecular complexity index is 874. The first-order valence-electron chi connectivity index (χ1n) is 7.99. The van der Waals surface area contributed by atoms with E-state index in [0.717, 1.165) is 41.7 Å². The van der Waals surface area contributed by atoms with Gasteiger partial charge >= 0.3 is 5.97 Å². The van der Waals surface area contributed by atoms with Crippen molar-refractivity contribution < 1.29 is 9.90 Å². The first-order chi connectivity index (χ1) is 11.7. The Labute approximate surface area is 143 Å². The molecule has 3 aromatic rings. The SMILES string of the molecule is O=C(O)C1CCCN(c2ncnc3cccc(-c4cccs4)c23)C1. The largest absolute Gasteiger partial charge is 0.481 e. The molecule has 0 saturated carbocycles. The summed E-state index contributed by atoms with van der Waals surface area (Å²) in [7, 11) is 0. The predicted molar refractivity (Wildman–Crippen MR) is 95.4 cm³/mol. The monoisotopic (exact) mass is 339 g/mol. The fourth-order valence-corrected chi connectivity index (χ4v) is 4.10. The molecule has 0 bridgehead atoms. The molecule has 1 aliphatic rings. The number of aromatic nitrogens is 2. The quantitative estimate of drug-likeness (QED) is 0.789. The summed E-state index contributed by atoms with van der Waals surface area (Å²) in [4.78, 5) is 23.6. The van der Waals surface area contributed by atoms with Gasteiger partial charge in [0.1, 0.15) is 12.1 Å². The van der Waals surface area contributed by atoms with Crippen molar-refractivity contribution in [2.75, 3.05) is 18.0 Å². The van der Waals surface area contributed by atoms with Crippen LogP contribution in [0.1, 0.15) is 12.8 Å². The lowest BCUT2D eigenvalue weighted by Gasteiger charge is -2.32. The highest BCUT2D eigenvalue weighted by atomic mass is 32.1. The number of carboxylic acid groups (broad SMARTS) is 1. The lowest BCUT2D eigenvalue weighted by atomic mass is 9.97. The third-order valence-corrected chi connectivity index (χ3v) is 5.40. The van der Waals surface area contributed by atoms with E-state index in [1.54, 1.807) is 17.7 Å². The average Bonchev–Trinajstić information content (AvgIpc) is 3.15. The molecule has 1 aliphatic heterocycles. The summed E-state index contributed by atoms with van der Waals surface area (Å²) in [6.07, 6.45) is 3.16. The normalized spacial score (nSPS) is 18.0. The molecule has 6 heteroatoms. The maximum atomic E-state index is 11.4. The fraction of sp³-hybridized carbons (Fsp3) is 0.278. The van der Waals surface area contributed by atoms with E-state index < -0.39 is 5.97 Å². The van der Waals surface area contributed by atoms with Gasteiger partial charge in [0, 0.05) is 23.5 Å². The van der Waals surface area contributed by atoms with Gasteiger partial charge in [0.25, 0.3) is 0 Å². The third-order valence-electron chi connectivity index (χ3n) is 4.50. The van der Waals surface area contributed by atoms with Gasteiger partial charge in [-0.15, -0.1) is 11.3 Å². The van der Waals surface area contributed by atoms with E-state index in [1.165, 1.54) is 4.88 Å². The van der Waals surface area contributed by atoms with E-state index in [2.05, 4.69) is 32.4 Å². The van der Waals surface area contributed by atoms with E-state index >= 15 is 0 Å². The number of hydrogen-bond acceptors (Lipinski definition) is 5. The molecule has 3 heterocycles. The number of carboxylic acids is 1. The van der Waals surface area contributed by atoms with Gasteiger partial charge in [0.15, 0.2) is 0 Å². The summed E-state index contributed by atoms with van der Waals surface area (Å²) in [6, 6.07) is 10.2. The standard InChI is InChI=1S/C18H17N3O2S/c22-18(23)12-4-2-8-21(10-12)17-16-13(15-7-3-9-24-15)5-1-6-14(16)19-11-20-17/h1,3,5-7,9,11-12H,2,4,8,10H2,(H,22,23). The van der Waals surface area contributed by atoms with E-state index in [9.17, 15) is 9.90 Å². The van der Waals surface area contributed by atoms with E-state index in [-0.39, 0.29) is 5.92 Å². The number of thiophene rings is 1. The molecule has 1 N–H and O–H groups in total. The van der Waals surface area contributed by atoms with Crippen molar-refractivity contribution in [2.24, 2.45) is 5.92 Å². The molecular weight excluding hydrogens is 322 g/mol. The fourth-order valence-electron chi connectivity index (χ4n) is 3.34. The molecule has 2 aromatic heterocycles. The second-order valence-corrected chi connectivity index (χ2v) is 6.95. The number of nitrogens with zero attached hydrogens (tertiary/aromatic N) is 3. The summed E-state index contributed by atoms with van der Waals surface area (Å²) < 4.78 is 0. The van der Waals surface area contributed by atoms with Crippen molar-refractivity contribution >= 4 is 34.0 Å². The van der Waals surface area contributed by atoms with E-state index in [1.807, 2.05) is 18.2 Å². The summed E-state index contributed by atoms with van der Waals surface area (Å²) >= 11 is 1.68. The Morgan fingerprint density at radius 1 is 1.25 bits per heavy atom. The highest BCUT2D eigenvalue weighted by Crippen LogP contribution is 2.36. The molecule has 1 atom stereocenters. The van der Waals surface area contributed by atoms with Crippen molar-refractivity contribution in [1.82, 2.24) is 9.97 Å². The zero-order valence-corrected chi connectivity index (χ0v) is 13.9. The number of rotatable bonds is 3. The molecule has 5 nitrogen and oxygen atoms in total. The second kappa shape index (κ2) is 6.20. The number of fused-ring (bicyclic) bond motifs is 1. The van der Waals surface area contributed by atoms with Crippen LogP contribution in [0.4, 0.5) is 5.82 Å². The molecule has 4 rings (SSSR count). The molecule has 0 amide bonds. The second-order valence-electron chi connectivity index (χ2n) is 6.00. The molecule has 1 saturated heterocycles. The maximum Gasteiger partial charge on any atom is 0.308 e. The number of benzene rings is 1. The van der Waals surface area contributed by atoms with Crippen LogP contribution in [0, 0.1) is 5.92 Å². The van der Waals surface area contributed by atoms with Gasteiger partial charge < -0.3 is 10.0 Å². The molecular formula is C18H17N3O2S. The van der Waals surface area contributed by atoms with Gasteiger partial charge in [0.2, 0.25) is 0 Å². The van der Waals surface area contributed by atoms with Crippen LogP contribution >= 0.6 is 11.3 Å². The lowest BCUT2D eigenvalue weighted by Crippen LogP contribution is -2.39. The van der Waals surface area contributed by atoms with Crippen LogP contribution in [0.15, 0.2) is 42.0 Å². The number of piperidine rings is 1. The molecule has 122 valence electrons. The summed E-state index contributed by atoms with van der Waals surface area (Å²) in [5, 5.41) is 12.4. The summed E-state index contributed by atoms with van der Waals surface area (Å²) in [6.45, 7) is 1.33. The molecule has 1 fully saturated rings. The summed E-state index contributed by atoms with van der Waals surface area (Å²) in [5.74, 6) is -0.218. The van der Waals surface area contributed by atoms with Gasteiger partial charge in [-0.1, -0.05) is 18.2 Å². The van der Waals surface area contributed by atoms with Crippen molar-refractivity contribution in [3.05, 3.63) is 42.0 Å². The third kappa shape index (κ3) is 2.63. The first kappa shape index (κ1) is 15.1. The number of aliphatic carboxylic acids is 1. The molecule has 1 aromatic carbocycles. The zero-order chi connectivity index (χ0) is 16.5. The van der Waals surface area contributed by atoms with Crippen molar-refractivity contribution in [1.29, 1.82) is 0 Å². The van der Waals surface area contributed by atoms with Gasteiger partial charge in [-0.05, 0) is 30.4 Å². The minimum Gasteiger partial charge on any atom is -0.481 e. The van der Waals surface area contributed by atoms with Crippen LogP contribution in [-0.4, -0.2) is 34.1 Å². The van der Waals surface area contributed by atoms with Gasteiger partial charge in [-0.2, -0.15) is 0 Å². The smallest absolute Gasteiger partial charge is 0.308 e. The maximum absolute atomic E-state index is 11.4. The van der Waals surface area contributed by atoms with Crippen LogP contribution in [0.25, 0.3) is 21.3 Å². The number of carbonyl (C=O) groups is 1. The van der Waals surface area contributed by atoms with Gasteiger partial charge in [-0.25, -0.2) is 9.97 Å². The predicted octanol–water partition coefficient (Wildman–Crippen LogP) is 3.66. The van der Waals surface area contributed by atoms with Gasteiger partial charge in [-0.3, -0.25) is 4.79 Å². The minimum atomic E-state index is -0.725. The van der Waals surface area contributed by atoms with Crippen LogP contribution in [0.2, 0.25) is 0 Å².